The zero-order valence-electron chi connectivity index (χ0n) is 43.3. The Hall–Kier alpha value is -6.14. The second-order valence-corrected chi connectivity index (χ2v) is 18.0. The van der Waals surface area contributed by atoms with E-state index in [0.29, 0.717) is 127 Å². The van der Waals surface area contributed by atoms with Gasteiger partial charge in [0.15, 0.2) is 17.2 Å². The first-order valence-electron chi connectivity index (χ1n) is 25.7. The number of carboxylic acids is 3. The Morgan fingerprint density at radius 2 is 1.13 bits per heavy atom. The molecule has 27 heteroatoms. The van der Waals surface area contributed by atoms with Crippen LogP contribution >= 0.6 is 12.2 Å². The number of ether oxygens (including phenoxy) is 6. The molecule has 2 aromatic carbocycles. The van der Waals surface area contributed by atoms with Crippen molar-refractivity contribution >= 4 is 52.7 Å². The Bertz CT molecular complexity index is 2160. The van der Waals surface area contributed by atoms with E-state index in [0.717, 1.165) is 30.5 Å². The van der Waals surface area contributed by atoms with Crippen molar-refractivity contribution in [3.8, 4) is 17.1 Å². The molecule has 0 bridgehead atoms. The molecule has 0 saturated carbocycles. The minimum absolute atomic E-state index is 0.0984. The number of hydrogen-bond acceptors (Lipinski definition) is 20. The van der Waals surface area contributed by atoms with Crippen molar-refractivity contribution in [3.05, 3.63) is 60.4 Å². The Morgan fingerprint density at radius 1 is 0.571 bits per heavy atom. The van der Waals surface area contributed by atoms with E-state index in [1.165, 1.54) is 6.33 Å². The molecule has 0 radical (unpaired) electrons. The maximum Gasteiger partial charge on any atom is 0.304 e. The van der Waals surface area contributed by atoms with E-state index in [4.69, 9.17) is 45.5 Å². The normalized spacial score (nSPS) is 16.5. The van der Waals surface area contributed by atoms with Gasteiger partial charge in [0, 0.05) is 81.0 Å². The van der Waals surface area contributed by atoms with Crippen LogP contribution in [0.1, 0.15) is 63.4 Å². The van der Waals surface area contributed by atoms with Gasteiger partial charge in [-0.05, 0) is 86.3 Å². The summed E-state index contributed by atoms with van der Waals surface area (Å²) in [6.45, 7) is 6.85. The number of anilines is 1. The fourth-order valence-electron chi connectivity index (χ4n) is 7.58. The lowest BCUT2D eigenvalue weighted by molar-refractivity contribution is -0.139. The molecule has 0 aliphatic carbocycles. The van der Waals surface area contributed by atoms with Gasteiger partial charge in [-0.25, -0.2) is 0 Å². The summed E-state index contributed by atoms with van der Waals surface area (Å²) in [5, 5.41) is 62.8. The minimum atomic E-state index is -1.03. The molecule has 1 aliphatic rings. The van der Waals surface area contributed by atoms with Gasteiger partial charge in [-0.3, -0.25) is 24.0 Å². The summed E-state index contributed by atoms with van der Waals surface area (Å²) in [4.78, 5) is 64.4. The fraction of sp³-hybridized carbons (Fsp3) is 0.600. The number of nitrogens with one attached hydrogen (secondary N) is 7. The predicted octanol–water partition coefficient (Wildman–Crippen LogP) is 1.11. The van der Waals surface area contributed by atoms with Gasteiger partial charge in [0.25, 0.3) is 5.91 Å². The zero-order chi connectivity index (χ0) is 55.1. The average molecular weight is 1100 g/mol. The first-order chi connectivity index (χ1) is 37.4. The third-order valence-corrected chi connectivity index (χ3v) is 11.7. The lowest BCUT2D eigenvalue weighted by atomic mass is 9.95. The highest BCUT2D eigenvalue weighted by molar-refractivity contribution is 7.80. The van der Waals surface area contributed by atoms with Gasteiger partial charge in [0.1, 0.15) is 0 Å². The molecular weight excluding hydrogens is 1030 g/mol. The summed E-state index contributed by atoms with van der Waals surface area (Å²) < 4.78 is 33.4. The number of aliphatic carboxylic acids is 3. The van der Waals surface area contributed by atoms with Gasteiger partial charge < -0.3 is 80.5 Å². The number of aromatic nitrogens is 4. The fourth-order valence-corrected chi connectivity index (χ4v) is 7.80. The molecule has 2 amide bonds. The molecule has 1 saturated heterocycles. The van der Waals surface area contributed by atoms with Crippen molar-refractivity contribution in [1.82, 2.24) is 52.5 Å². The number of hydroxylamine groups is 1. The average Bonchev–Trinajstić information content (AvgIpc) is 3.47. The summed E-state index contributed by atoms with van der Waals surface area (Å²) in [5.74, 6) is -2.69. The van der Waals surface area contributed by atoms with Gasteiger partial charge in [0.2, 0.25) is 11.7 Å². The van der Waals surface area contributed by atoms with Crippen LogP contribution in [0.3, 0.4) is 0 Å². The van der Waals surface area contributed by atoms with Gasteiger partial charge >= 0.3 is 17.9 Å². The molecule has 4 rings (SSSR count). The monoisotopic (exact) mass is 1100 g/mol. The van der Waals surface area contributed by atoms with Crippen molar-refractivity contribution in [2.24, 2.45) is 0 Å². The molecule has 1 aliphatic heterocycles. The second-order valence-electron chi connectivity index (χ2n) is 17.6. The summed E-state index contributed by atoms with van der Waals surface area (Å²) in [6, 6.07) is 12.1. The molecule has 1 aromatic heterocycles. The molecule has 426 valence electrons. The lowest BCUT2D eigenvalue weighted by Gasteiger charge is -2.30. The molecule has 2 heterocycles. The minimum Gasteiger partial charge on any atom is -0.481 e. The van der Waals surface area contributed by atoms with Gasteiger partial charge in [-0.1, -0.05) is 12.1 Å². The van der Waals surface area contributed by atoms with Crippen LogP contribution in [0.4, 0.5) is 5.69 Å². The third-order valence-electron chi connectivity index (χ3n) is 11.4. The molecule has 10 N–H and O–H groups in total. The number of amides is 2. The standard InChI is InChI=1S/C50H75N11O15S/c62-44(5-4-6-45(63)61-76-41-13-9-37(10-14-41)49-59-55-35-56-60-49)51-15-2-1-3-17-70-19-21-72-23-25-74-27-28-75-26-24-73-22-20-71-18-16-52-50(77)58-38-11-7-36(8-12-38)29-43-42(32-48(68)69)54-33-39(30-46(64)65)53-34-40(57-43)31-47(66)67/h7-14,35,39-40,42-43,53-54,57H,1-6,15-34H2,(H,51,62)(H,61,63)(H,64,65)(H,66,67)(H,68,69)(H2,52,58,77). The smallest absolute Gasteiger partial charge is 0.304 e. The molecule has 4 unspecified atom stereocenters. The van der Waals surface area contributed by atoms with E-state index >= 15 is 0 Å². The molecule has 77 heavy (non-hydrogen) atoms. The van der Waals surface area contributed by atoms with Crippen molar-refractivity contribution in [2.45, 2.75) is 88.4 Å². The Morgan fingerprint density at radius 3 is 1.74 bits per heavy atom. The summed E-state index contributed by atoms with van der Waals surface area (Å²) in [6.07, 6.45) is 4.37. The first-order valence-corrected chi connectivity index (χ1v) is 26.2. The van der Waals surface area contributed by atoms with Gasteiger partial charge in [0.05, 0.1) is 91.9 Å². The number of rotatable bonds is 40. The number of hydrogen-bond donors (Lipinski definition) is 10. The van der Waals surface area contributed by atoms with E-state index in [2.05, 4.69) is 57.8 Å². The first kappa shape index (κ1) is 63.4. The number of unbranched alkanes of at least 4 members (excludes halogenated alkanes) is 2. The van der Waals surface area contributed by atoms with Crippen LogP contribution in [0.15, 0.2) is 54.9 Å². The van der Waals surface area contributed by atoms with Crippen molar-refractivity contribution in [2.75, 3.05) is 111 Å². The van der Waals surface area contributed by atoms with Gasteiger partial charge in [-0.2, -0.15) is 5.48 Å². The molecule has 3 aromatic rings. The highest BCUT2D eigenvalue weighted by atomic mass is 32.1. The number of benzene rings is 2. The number of nitrogens with zero attached hydrogens (tertiary/aromatic N) is 4. The summed E-state index contributed by atoms with van der Waals surface area (Å²) in [7, 11) is 0. The summed E-state index contributed by atoms with van der Waals surface area (Å²) >= 11 is 5.43. The van der Waals surface area contributed by atoms with Crippen molar-refractivity contribution in [3.63, 3.8) is 0 Å². The van der Waals surface area contributed by atoms with E-state index in [1.807, 2.05) is 24.3 Å². The third kappa shape index (κ3) is 30.4. The lowest BCUT2D eigenvalue weighted by Crippen LogP contribution is -2.54. The van der Waals surface area contributed by atoms with Crippen LogP contribution in [0.2, 0.25) is 0 Å². The quantitative estimate of drug-likeness (QED) is 0.0217. The van der Waals surface area contributed by atoms with E-state index in [9.17, 15) is 39.3 Å². The molecule has 26 nitrogen and oxygen atoms in total. The Kier molecular flexibility index (Phi) is 32.3. The van der Waals surface area contributed by atoms with E-state index < -0.39 is 42.1 Å². The Balaban J connectivity index is 0.876. The highest BCUT2D eigenvalue weighted by Crippen LogP contribution is 2.19. The number of thiocarbonyl (C=S) groups is 1. The van der Waals surface area contributed by atoms with E-state index in [1.54, 1.807) is 24.3 Å². The highest BCUT2D eigenvalue weighted by Gasteiger charge is 2.30. The van der Waals surface area contributed by atoms with Gasteiger partial charge in [-0.15, -0.1) is 20.4 Å². The van der Waals surface area contributed by atoms with Crippen molar-refractivity contribution in [1.29, 1.82) is 0 Å². The molecule has 1 fully saturated rings. The van der Waals surface area contributed by atoms with Crippen LogP contribution < -0.4 is 42.2 Å². The zero-order valence-corrected chi connectivity index (χ0v) is 44.1. The molecule has 0 spiro atoms. The summed E-state index contributed by atoms with van der Waals surface area (Å²) in [5.41, 5.74) is 4.70. The number of carbonyl (C=O) groups excluding carboxylic acids is 2. The van der Waals surface area contributed by atoms with Crippen LogP contribution in [0.5, 0.6) is 5.75 Å². The predicted molar refractivity (Wildman–Crippen MR) is 283 cm³/mol. The van der Waals surface area contributed by atoms with Crippen LogP contribution in [-0.4, -0.2) is 200 Å². The maximum atomic E-state index is 12.1. The molecule has 4 atom stereocenters. The van der Waals surface area contributed by atoms with Crippen LogP contribution in [0.25, 0.3) is 11.4 Å². The second kappa shape index (κ2) is 39.3. The molecular formula is C50H75N11O15S. The number of carbonyl (C=O) groups is 5. The maximum absolute atomic E-state index is 12.1. The van der Waals surface area contributed by atoms with E-state index in [-0.39, 0.29) is 57.0 Å². The Labute approximate surface area is 453 Å². The number of carboxylic acid groups (broad SMARTS) is 3. The van der Waals surface area contributed by atoms with Crippen molar-refractivity contribution < 1.29 is 72.6 Å². The topological polar surface area (TPSA) is 346 Å². The van der Waals surface area contributed by atoms with Crippen LogP contribution in [-0.2, 0) is 58.8 Å². The largest absolute Gasteiger partial charge is 0.481 e. The SMILES string of the molecule is O=C(O)CC1CNC(CC(=O)O)C(Cc2ccc(NC(=S)NCCOCCOCCOCCOCCOCCOCCCCCNC(=O)CCCC(=O)NOc3ccc(-c4nncnn4)cc3)cc2)NC(CC(=O)O)CN1. The van der Waals surface area contributed by atoms with Crippen LogP contribution in [0, 0.1) is 0 Å².